The van der Waals surface area contributed by atoms with Gasteiger partial charge in [0.25, 0.3) is 0 Å². The summed E-state index contributed by atoms with van der Waals surface area (Å²) in [6.45, 7) is 0. The first-order valence-electron chi connectivity index (χ1n) is 13.5. The molecule has 0 bridgehead atoms. The fourth-order valence-electron chi connectivity index (χ4n) is 5.81. The molecule has 1 heterocycles. The highest BCUT2D eigenvalue weighted by atomic mass is 15.0. The average molecular weight is 510 g/mol. The van der Waals surface area contributed by atoms with Gasteiger partial charge in [0.05, 0.1) is 0 Å². The van der Waals surface area contributed by atoms with Gasteiger partial charge in [-0.1, -0.05) is 127 Å². The van der Waals surface area contributed by atoms with Crippen molar-refractivity contribution in [1.82, 2.24) is 15.0 Å². The van der Waals surface area contributed by atoms with Crippen molar-refractivity contribution in [2.24, 2.45) is 0 Å². The van der Waals surface area contributed by atoms with Crippen LogP contribution in [0.2, 0.25) is 0 Å². The van der Waals surface area contributed by atoms with E-state index in [2.05, 4.69) is 121 Å². The first kappa shape index (κ1) is 22.6. The fraction of sp³-hybridized carbons (Fsp3) is 0. The van der Waals surface area contributed by atoms with Crippen molar-refractivity contribution in [3.8, 4) is 34.2 Å². The second-order valence-corrected chi connectivity index (χ2v) is 10.1. The molecule has 0 amide bonds. The number of benzene rings is 7. The lowest BCUT2D eigenvalue weighted by atomic mass is 9.96. The molecule has 186 valence electrons. The molecule has 0 N–H and O–H groups in total. The molecule has 0 saturated carbocycles. The van der Waals surface area contributed by atoms with Crippen LogP contribution in [-0.4, -0.2) is 15.0 Å². The highest BCUT2D eigenvalue weighted by Gasteiger charge is 2.17. The van der Waals surface area contributed by atoms with Crippen LogP contribution in [0.1, 0.15) is 0 Å². The number of nitrogens with zero attached hydrogens (tertiary/aromatic N) is 3. The molecule has 8 aromatic rings. The number of aromatic nitrogens is 3. The van der Waals surface area contributed by atoms with Crippen LogP contribution in [-0.2, 0) is 0 Å². The van der Waals surface area contributed by atoms with E-state index in [9.17, 15) is 0 Å². The smallest absolute Gasteiger partial charge is 0.164 e. The molecule has 0 spiro atoms. The Morgan fingerprint density at radius 1 is 0.300 bits per heavy atom. The zero-order valence-electron chi connectivity index (χ0n) is 21.6. The Morgan fingerprint density at radius 2 is 0.675 bits per heavy atom. The van der Waals surface area contributed by atoms with E-state index >= 15 is 0 Å². The molecule has 1 aromatic heterocycles. The van der Waals surface area contributed by atoms with Gasteiger partial charge >= 0.3 is 0 Å². The summed E-state index contributed by atoms with van der Waals surface area (Å²) in [6, 6.07) is 48.6. The third-order valence-corrected chi connectivity index (χ3v) is 7.69. The van der Waals surface area contributed by atoms with E-state index in [0.29, 0.717) is 17.5 Å². The molecule has 0 radical (unpaired) electrons. The van der Waals surface area contributed by atoms with E-state index in [4.69, 9.17) is 15.0 Å². The largest absolute Gasteiger partial charge is 0.208 e. The van der Waals surface area contributed by atoms with Crippen LogP contribution in [0.3, 0.4) is 0 Å². The van der Waals surface area contributed by atoms with E-state index in [-0.39, 0.29) is 0 Å². The third kappa shape index (κ3) is 3.63. The Hall–Kier alpha value is -5.41. The molecule has 8 rings (SSSR count). The maximum absolute atomic E-state index is 5.19. The second kappa shape index (κ2) is 9.11. The third-order valence-electron chi connectivity index (χ3n) is 7.69. The molecule has 0 fully saturated rings. The van der Waals surface area contributed by atoms with Crippen molar-refractivity contribution in [3.05, 3.63) is 140 Å². The van der Waals surface area contributed by atoms with Gasteiger partial charge in [-0.25, -0.2) is 15.0 Å². The SMILES string of the molecule is c1ccc(-c2nc(-c3cc4ccccc4c4ccccc34)nc(-c3cc4ccccc4c4ccccc34)n2)cc1. The minimum atomic E-state index is 0.662. The second-order valence-electron chi connectivity index (χ2n) is 10.1. The zero-order valence-corrected chi connectivity index (χ0v) is 21.6. The van der Waals surface area contributed by atoms with Crippen molar-refractivity contribution in [3.63, 3.8) is 0 Å². The van der Waals surface area contributed by atoms with E-state index in [1.807, 2.05) is 18.2 Å². The van der Waals surface area contributed by atoms with Gasteiger partial charge in [0, 0.05) is 16.7 Å². The quantitative estimate of drug-likeness (QED) is 0.223. The normalized spacial score (nSPS) is 11.5. The van der Waals surface area contributed by atoms with E-state index in [1.54, 1.807) is 0 Å². The van der Waals surface area contributed by atoms with Crippen molar-refractivity contribution in [2.45, 2.75) is 0 Å². The van der Waals surface area contributed by atoms with Gasteiger partial charge in [-0.05, 0) is 55.2 Å². The van der Waals surface area contributed by atoms with Crippen molar-refractivity contribution < 1.29 is 0 Å². The summed E-state index contributed by atoms with van der Waals surface area (Å²) < 4.78 is 0. The molecule has 0 aliphatic heterocycles. The molecule has 7 aromatic carbocycles. The first-order chi connectivity index (χ1) is 19.8. The zero-order chi connectivity index (χ0) is 26.5. The minimum absolute atomic E-state index is 0.662. The molecule has 3 nitrogen and oxygen atoms in total. The number of hydrogen-bond acceptors (Lipinski definition) is 3. The standard InChI is InChI=1S/C37H23N3/c1-2-12-24(13-3-1)35-38-36(33-22-25-14-4-6-16-27(25)29-18-8-10-20-31(29)33)40-37(39-35)34-23-26-15-5-7-17-28(26)30-19-9-11-21-32(30)34/h1-23H. The Bertz CT molecular complexity index is 2080. The predicted molar refractivity (Wildman–Crippen MR) is 166 cm³/mol. The molecule has 0 unspecified atom stereocenters. The predicted octanol–water partition coefficient (Wildman–Crippen LogP) is 9.49. The first-order valence-corrected chi connectivity index (χ1v) is 13.5. The van der Waals surface area contributed by atoms with Crippen LogP contribution in [0.5, 0.6) is 0 Å². The van der Waals surface area contributed by atoms with Crippen molar-refractivity contribution >= 4 is 43.1 Å². The summed E-state index contributed by atoms with van der Waals surface area (Å²) in [5.74, 6) is 2.00. The van der Waals surface area contributed by atoms with Crippen molar-refractivity contribution in [2.75, 3.05) is 0 Å². The monoisotopic (exact) mass is 509 g/mol. The van der Waals surface area contributed by atoms with Crippen LogP contribution < -0.4 is 0 Å². The molecular formula is C37H23N3. The fourth-order valence-corrected chi connectivity index (χ4v) is 5.81. The molecule has 3 heteroatoms. The lowest BCUT2D eigenvalue weighted by Gasteiger charge is -2.14. The molecular weight excluding hydrogens is 486 g/mol. The summed E-state index contributed by atoms with van der Waals surface area (Å²) in [5.41, 5.74) is 2.96. The van der Waals surface area contributed by atoms with Crippen molar-refractivity contribution in [1.29, 1.82) is 0 Å². The Morgan fingerprint density at radius 3 is 1.18 bits per heavy atom. The van der Waals surface area contributed by atoms with Gasteiger partial charge in [-0.2, -0.15) is 0 Å². The van der Waals surface area contributed by atoms with E-state index in [1.165, 1.54) is 21.5 Å². The number of fused-ring (bicyclic) bond motifs is 6. The lowest BCUT2D eigenvalue weighted by molar-refractivity contribution is 1.08. The summed E-state index contributed by atoms with van der Waals surface area (Å²) in [4.78, 5) is 15.3. The molecule has 0 aliphatic rings. The van der Waals surface area contributed by atoms with E-state index < -0.39 is 0 Å². The topological polar surface area (TPSA) is 38.7 Å². The van der Waals surface area contributed by atoms with Gasteiger partial charge < -0.3 is 0 Å². The Kier molecular flexibility index (Phi) is 5.14. The van der Waals surface area contributed by atoms with Crippen LogP contribution in [0.15, 0.2) is 140 Å². The summed E-state index contributed by atoms with van der Waals surface area (Å²) in [5, 5.41) is 9.40. The van der Waals surface area contributed by atoms with Gasteiger partial charge in [-0.15, -0.1) is 0 Å². The minimum Gasteiger partial charge on any atom is -0.208 e. The lowest BCUT2D eigenvalue weighted by Crippen LogP contribution is -2.01. The summed E-state index contributed by atoms with van der Waals surface area (Å²) in [7, 11) is 0. The Labute approximate surface area is 231 Å². The summed E-state index contributed by atoms with van der Waals surface area (Å²) in [6.07, 6.45) is 0. The maximum atomic E-state index is 5.19. The van der Waals surface area contributed by atoms with Crippen LogP contribution in [0.25, 0.3) is 77.3 Å². The highest BCUT2D eigenvalue weighted by molar-refractivity contribution is 6.14. The van der Waals surface area contributed by atoms with Gasteiger partial charge in [0.1, 0.15) is 0 Å². The number of rotatable bonds is 3. The molecule has 0 aliphatic carbocycles. The maximum Gasteiger partial charge on any atom is 0.164 e. The highest BCUT2D eigenvalue weighted by Crippen LogP contribution is 2.37. The van der Waals surface area contributed by atoms with Crippen LogP contribution in [0, 0.1) is 0 Å². The number of hydrogen-bond donors (Lipinski definition) is 0. The van der Waals surface area contributed by atoms with Gasteiger partial charge in [0.2, 0.25) is 0 Å². The molecule has 0 saturated heterocycles. The van der Waals surface area contributed by atoms with Crippen LogP contribution in [0.4, 0.5) is 0 Å². The van der Waals surface area contributed by atoms with Gasteiger partial charge in [-0.3, -0.25) is 0 Å². The van der Waals surface area contributed by atoms with Crippen LogP contribution >= 0.6 is 0 Å². The van der Waals surface area contributed by atoms with E-state index in [0.717, 1.165) is 38.2 Å². The molecule has 0 atom stereocenters. The average Bonchev–Trinajstić information content (AvgIpc) is 3.04. The Balaban J connectivity index is 1.47. The van der Waals surface area contributed by atoms with Gasteiger partial charge in [0.15, 0.2) is 17.5 Å². The molecule has 40 heavy (non-hydrogen) atoms. The summed E-state index contributed by atoms with van der Waals surface area (Å²) >= 11 is 0.